The molecule has 1 aromatic carbocycles. The van der Waals surface area contributed by atoms with Crippen LogP contribution in [0.4, 0.5) is 4.79 Å². The molecule has 0 aliphatic carbocycles. The van der Waals surface area contributed by atoms with Crippen LogP contribution in [0.2, 0.25) is 5.02 Å². The summed E-state index contributed by atoms with van der Waals surface area (Å²) in [6, 6.07) is 9.20. The van der Waals surface area contributed by atoms with Crippen molar-refractivity contribution in [1.82, 2.24) is 15.5 Å². The van der Waals surface area contributed by atoms with Gasteiger partial charge in [0.2, 0.25) is 5.91 Å². The van der Waals surface area contributed by atoms with Crippen LogP contribution >= 0.6 is 11.6 Å². The number of hydrogen-bond donors (Lipinski definition) is 2. The van der Waals surface area contributed by atoms with Gasteiger partial charge in [0.1, 0.15) is 11.8 Å². The summed E-state index contributed by atoms with van der Waals surface area (Å²) in [4.78, 5) is 37.6. The van der Waals surface area contributed by atoms with E-state index in [1.807, 2.05) is 6.07 Å². The summed E-state index contributed by atoms with van der Waals surface area (Å²) in [6.07, 6.45) is 2.02. The summed E-state index contributed by atoms with van der Waals surface area (Å²) in [6.45, 7) is 0.464. The SMILES string of the molecule is O=C(CC1NC(=O)N(Cc2ccccc2Cl)C1=O)NCCc1ccco1. The number of carbonyl (C=O) groups is 3. The number of carbonyl (C=O) groups excluding carboxylic acids is 3. The molecule has 1 unspecified atom stereocenters. The van der Waals surface area contributed by atoms with E-state index in [9.17, 15) is 14.4 Å². The summed E-state index contributed by atoms with van der Waals surface area (Å²) in [5.74, 6) is 0.0207. The molecule has 3 rings (SSSR count). The Morgan fingerprint density at radius 2 is 2.04 bits per heavy atom. The number of imide groups is 1. The van der Waals surface area contributed by atoms with E-state index in [1.54, 1.807) is 36.6 Å². The van der Waals surface area contributed by atoms with Crippen LogP contribution < -0.4 is 10.6 Å². The van der Waals surface area contributed by atoms with Gasteiger partial charge in [-0.3, -0.25) is 14.5 Å². The summed E-state index contributed by atoms with van der Waals surface area (Å²) < 4.78 is 5.18. The third-order valence-corrected chi connectivity index (χ3v) is 4.43. The molecule has 2 heterocycles. The van der Waals surface area contributed by atoms with Crippen LogP contribution in [-0.4, -0.2) is 35.3 Å². The van der Waals surface area contributed by atoms with E-state index >= 15 is 0 Å². The standard InChI is InChI=1S/C18H18ClN3O4/c19-14-6-2-1-4-12(14)11-22-17(24)15(21-18(22)25)10-16(23)20-8-7-13-5-3-9-26-13/h1-6,9,15H,7-8,10-11H2,(H,20,23)(H,21,25). The van der Waals surface area contributed by atoms with Gasteiger partial charge in [0.25, 0.3) is 5.91 Å². The Morgan fingerprint density at radius 3 is 2.77 bits per heavy atom. The molecule has 0 saturated carbocycles. The van der Waals surface area contributed by atoms with Crippen molar-refractivity contribution in [2.75, 3.05) is 6.54 Å². The third kappa shape index (κ3) is 4.23. The van der Waals surface area contributed by atoms with Crippen molar-refractivity contribution in [1.29, 1.82) is 0 Å². The van der Waals surface area contributed by atoms with Crippen molar-refractivity contribution >= 4 is 29.4 Å². The van der Waals surface area contributed by atoms with Gasteiger partial charge in [0.15, 0.2) is 0 Å². The molecule has 2 N–H and O–H groups in total. The first-order chi connectivity index (χ1) is 12.5. The van der Waals surface area contributed by atoms with Crippen molar-refractivity contribution < 1.29 is 18.8 Å². The molecule has 1 aliphatic heterocycles. The van der Waals surface area contributed by atoms with Crippen molar-refractivity contribution in [3.05, 3.63) is 59.0 Å². The third-order valence-electron chi connectivity index (χ3n) is 4.06. The molecule has 1 fully saturated rings. The minimum atomic E-state index is -0.867. The van der Waals surface area contributed by atoms with Crippen molar-refractivity contribution in [2.24, 2.45) is 0 Å². The molecule has 136 valence electrons. The van der Waals surface area contributed by atoms with Crippen LogP contribution in [0, 0.1) is 0 Å². The quantitative estimate of drug-likeness (QED) is 0.725. The number of urea groups is 1. The highest BCUT2D eigenvalue weighted by atomic mass is 35.5. The zero-order valence-electron chi connectivity index (χ0n) is 13.9. The molecule has 0 radical (unpaired) electrons. The van der Waals surface area contributed by atoms with Gasteiger partial charge in [-0.25, -0.2) is 4.79 Å². The van der Waals surface area contributed by atoms with Crippen molar-refractivity contribution in [3.8, 4) is 0 Å². The largest absolute Gasteiger partial charge is 0.469 e. The maximum Gasteiger partial charge on any atom is 0.325 e. The minimum absolute atomic E-state index is 0.0704. The lowest BCUT2D eigenvalue weighted by Gasteiger charge is -2.14. The summed E-state index contributed by atoms with van der Waals surface area (Å²) in [7, 11) is 0. The van der Waals surface area contributed by atoms with Gasteiger partial charge in [-0.1, -0.05) is 29.8 Å². The average molecular weight is 376 g/mol. The van der Waals surface area contributed by atoms with Gasteiger partial charge in [-0.05, 0) is 23.8 Å². The molecule has 0 bridgehead atoms. The first-order valence-electron chi connectivity index (χ1n) is 8.19. The second-order valence-electron chi connectivity index (χ2n) is 5.90. The van der Waals surface area contributed by atoms with Gasteiger partial charge >= 0.3 is 6.03 Å². The molecule has 2 aromatic rings. The fourth-order valence-electron chi connectivity index (χ4n) is 2.70. The molecule has 0 spiro atoms. The zero-order chi connectivity index (χ0) is 18.5. The summed E-state index contributed by atoms with van der Waals surface area (Å²) in [5.41, 5.74) is 0.668. The molecule has 1 aliphatic rings. The summed E-state index contributed by atoms with van der Waals surface area (Å²) in [5, 5.41) is 5.74. The Hall–Kier alpha value is -2.80. The zero-order valence-corrected chi connectivity index (χ0v) is 14.7. The molecule has 1 aromatic heterocycles. The number of nitrogens with one attached hydrogen (secondary N) is 2. The lowest BCUT2D eigenvalue weighted by Crippen LogP contribution is -2.37. The minimum Gasteiger partial charge on any atom is -0.469 e. The van der Waals surface area contributed by atoms with Crippen LogP contribution in [0.1, 0.15) is 17.7 Å². The van der Waals surface area contributed by atoms with Gasteiger partial charge < -0.3 is 15.1 Å². The maximum atomic E-state index is 12.4. The van der Waals surface area contributed by atoms with Crippen LogP contribution in [0.25, 0.3) is 0 Å². The van der Waals surface area contributed by atoms with Crippen LogP contribution in [0.5, 0.6) is 0 Å². The monoisotopic (exact) mass is 375 g/mol. The highest BCUT2D eigenvalue weighted by Gasteiger charge is 2.39. The number of benzene rings is 1. The van der Waals surface area contributed by atoms with E-state index in [4.69, 9.17) is 16.0 Å². The van der Waals surface area contributed by atoms with Gasteiger partial charge in [0.05, 0.1) is 19.2 Å². The molecule has 26 heavy (non-hydrogen) atoms. The lowest BCUT2D eigenvalue weighted by atomic mass is 10.1. The van der Waals surface area contributed by atoms with Crippen molar-refractivity contribution in [2.45, 2.75) is 25.4 Å². The Kier molecular flexibility index (Phi) is 5.58. The van der Waals surface area contributed by atoms with Gasteiger partial charge in [0, 0.05) is 18.0 Å². The normalized spacial score (nSPS) is 16.7. The van der Waals surface area contributed by atoms with E-state index in [1.165, 1.54) is 0 Å². The van der Waals surface area contributed by atoms with Crippen LogP contribution in [0.3, 0.4) is 0 Å². The smallest absolute Gasteiger partial charge is 0.325 e. The number of hydrogen-bond acceptors (Lipinski definition) is 4. The maximum absolute atomic E-state index is 12.4. The molecular weight excluding hydrogens is 358 g/mol. The fraction of sp³-hybridized carbons (Fsp3) is 0.278. The van der Waals surface area contributed by atoms with Crippen molar-refractivity contribution in [3.63, 3.8) is 0 Å². The molecule has 1 saturated heterocycles. The predicted octanol–water partition coefficient (Wildman–Crippen LogP) is 2.10. The first-order valence-corrected chi connectivity index (χ1v) is 8.57. The van der Waals surface area contributed by atoms with E-state index in [-0.39, 0.29) is 18.9 Å². The molecule has 8 heteroatoms. The Morgan fingerprint density at radius 1 is 1.23 bits per heavy atom. The first kappa shape index (κ1) is 18.0. The number of rotatable bonds is 7. The molecule has 7 nitrogen and oxygen atoms in total. The van der Waals surface area contributed by atoms with Gasteiger partial charge in [-0.2, -0.15) is 0 Å². The van der Waals surface area contributed by atoms with E-state index in [2.05, 4.69) is 10.6 Å². The van der Waals surface area contributed by atoms with E-state index in [0.29, 0.717) is 23.6 Å². The number of furan rings is 1. The Labute approximate surface area is 155 Å². The van der Waals surface area contributed by atoms with Gasteiger partial charge in [-0.15, -0.1) is 0 Å². The lowest BCUT2D eigenvalue weighted by molar-refractivity contribution is -0.131. The highest BCUT2D eigenvalue weighted by molar-refractivity contribution is 6.31. The fourth-order valence-corrected chi connectivity index (χ4v) is 2.89. The second kappa shape index (κ2) is 8.05. The number of halogens is 1. The number of amides is 4. The second-order valence-corrected chi connectivity index (χ2v) is 6.31. The predicted molar refractivity (Wildman–Crippen MR) is 94.4 cm³/mol. The van der Waals surface area contributed by atoms with E-state index < -0.39 is 18.0 Å². The number of nitrogens with zero attached hydrogens (tertiary/aromatic N) is 1. The molecule has 1 atom stereocenters. The Balaban J connectivity index is 1.51. The average Bonchev–Trinajstić information content (AvgIpc) is 3.21. The summed E-state index contributed by atoms with van der Waals surface area (Å²) >= 11 is 6.08. The molecule has 4 amide bonds. The topological polar surface area (TPSA) is 91.7 Å². The van der Waals surface area contributed by atoms with Crippen LogP contribution in [-0.2, 0) is 22.6 Å². The highest BCUT2D eigenvalue weighted by Crippen LogP contribution is 2.20. The van der Waals surface area contributed by atoms with Crippen LogP contribution in [0.15, 0.2) is 47.1 Å². The van der Waals surface area contributed by atoms with E-state index in [0.717, 1.165) is 10.7 Å². The Bertz CT molecular complexity index is 807. The molecular formula is C18H18ClN3O4.